The number of para-hydroxylation sites is 2. The lowest BCUT2D eigenvalue weighted by Crippen LogP contribution is -2.46. The minimum Gasteiger partial charge on any atom is -0.468 e. The first-order valence-corrected chi connectivity index (χ1v) is 7.71. The van der Waals surface area contributed by atoms with Crippen LogP contribution < -0.4 is 5.01 Å². The van der Waals surface area contributed by atoms with Gasteiger partial charge in [0.15, 0.2) is 0 Å². The molecule has 0 saturated heterocycles. The third-order valence-corrected chi connectivity index (χ3v) is 4.19. The highest BCUT2D eigenvalue weighted by Gasteiger charge is 2.27. The van der Waals surface area contributed by atoms with Crippen LogP contribution in [0.25, 0.3) is 11.0 Å². The van der Waals surface area contributed by atoms with Gasteiger partial charge in [-0.3, -0.25) is 9.47 Å². The van der Waals surface area contributed by atoms with Gasteiger partial charge in [-0.2, -0.15) is 0 Å². The number of hydrogen-bond acceptors (Lipinski definition) is 6. The maximum Gasteiger partial charge on any atom is 0.228 e. The van der Waals surface area contributed by atoms with Crippen molar-refractivity contribution < 1.29 is 4.42 Å². The van der Waals surface area contributed by atoms with E-state index in [2.05, 4.69) is 25.7 Å². The van der Waals surface area contributed by atoms with Gasteiger partial charge in [-0.15, -0.1) is 10.2 Å². The Morgan fingerprint density at radius 1 is 1.00 bits per heavy atom. The van der Waals surface area contributed by atoms with Gasteiger partial charge in [-0.05, 0) is 24.3 Å². The molecule has 8 heteroatoms. The monoisotopic (exact) mass is 321 g/mol. The first-order chi connectivity index (χ1) is 11.9. The molecule has 0 amide bonds. The lowest BCUT2D eigenvalue weighted by Gasteiger charge is -2.36. The Bertz CT molecular complexity index is 958. The van der Waals surface area contributed by atoms with Crippen LogP contribution in [0.15, 0.2) is 59.7 Å². The van der Waals surface area contributed by atoms with Gasteiger partial charge < -0.3 is 4.42 Å². The van der Waals surface area contributed by atoms with Crippen molar-refractivity contribution in [3.8, 4) is 0 Å². The molecule has 120 valence electrons. The summed E-state index contributed by atoms with van der Waals surface area (Å²) in [5.74, 6) is 1.82. The molecule has 0 N–H and O–H groups in total. The largest absolute Gasteiger partial charge is 0.468 e. The van der Waals surface area contributed by atoms with Crippen LogP contribution in [0.4, 0.5) is 5.95 Å². The van der Waals surface area contributed by atoms with Crippen LogP contribution in [-0.2, 0) is 13.2 Å². The predicted molar refractivity (Wildman–Crippen MR) is 86.8 cm³/mol. The summed E-state index contributed by atoms with van der Waals surface area (Å²) in [4.78, 5) is 7.06. The lowest BCUT2D eigenvalue weighted by molar-refractivity contribution is 0.170. The smallest absolute Gasteiger partial charge is 0.228 e. The van der Waals surface area contributed by atoms with E-state index in [-0.39, 0.29) is 0 Å². The van der Waals surface area contributed by atoms with E-state index in [1.165, 1.54) is 0 Å². The Morgan fingerprint density at radius 3 is 2.71 bits per heavy atom. The highest BCUT2D eigenvalue weighted by atomic mass is 16.3. The number of rotatable bonds is 3. The molecule has 1 aromatic carbocycles. The van der Waals surface area contributed by atoms with Crippen LogP contribution in [-0.4, -0.2) is 36.0 Å². The maximum absolute atomic E-state index is 5.50. The fourth-order valence-electron chi connectivity index (χ4n) is 3.12. The minimum absolute atomic E-state index is 0.669. The van der Waals surface area contributed by atoms with Crippen LogP contribution >= 0.6 is 0 Å². The van der Waals surface area contributed by atoms with E-state index >= 15 is 0 Å². The van der Waals surface area contributed by atoms with E-state index in [0.29, 0.717) is 6.67 Å². The van der Waals surface area contributed by atoms with Gasteiger partial charge in [-0.1, -0.05) is 12.1 Å². The molecule has 5 rings (SSSR count). The Morgan fingerprint density at radius 2 is 1.88 bits per heavy atom. The average molecular weight is 321 g/mol. The third kappa shape index (κ3) is 2.08. The third-order valence-electron chi connectivity index (χ3n) is 4.19. The summed E-state index contributed by atoms with van der Waals surface area (Å²) in [7, 11) is 0. The maximum atomic E-state index is 5.50. The molecule has 24 heavy (non-hydrogen) atoms. The molecule has 1 aliphatic heterocycles. The molecule has 4 aromatic rings. The highest BCUT2D eigenvalue weighted by molar-refractivity contribution is 5.79. The molecule has 0 fully saturated rings. The fraction of sp³-hybridized carbons (Fsp3) is 0.188. The molecule has 1 aliphatic rings. The molecule has 0 unspecified atom stereocenters. The van der Waals surface area contributed by atoms with Gasteiger partial charge in [0.05, 0.1) is 37.2 Å². The fourth-order valence-corrected chi connectivity index (χ4v) is 3.12. The summed E-state index contributed by atoms with van der Waals surface area (Å²) < 4.78 is 9.55. The van der Waals surface area contributed by atoms with E-state index in [0.717, 1.165) is 36.0 Å². The summed E-state index contributed by atoms with van der Waals surface area (Å²) in [6.07, 6.45) is 5.06. The number of benzene rings is 1. The number of hydrogen-bond donors (Lipinski definition) is 0. The van der Waals surface area contributed by atoms with Crippen LogP contribution in [0.3, 0.4) is 0 Å². The Hall–Kier alpha value is -3.13. The van der Waals surface area contributed by atoms with E-state index in [1.807, 2.05) is 40.0 Å². The Balaban J connectivity index is 1.60. The summed E-state index contributed by atoms with van der Waals surface area (Å²) in [5, 5.41) is 9.89. The number of imidazole rings is 1. The van der Waals surface area contributed by atoms with Gasteiger partial charge in [0.25, 0.3) is 0 Å². The number of nitrogens with zero attached hydrogens (tertiary/aromatic N) is 7. The van der Waals surface area contributed by atoms with E-state index < -0.39 is 0 Å². The van der Waals surface area contributed by atoms with E-state index in [4.69, 9.17) is 9.40 Å². The molecule has 0 spiro atoms. The zero-order chi connectivity index (χ0) is 15.9. The number of fused-ring (bicyclic) bond motifs is 3. The molecule has 0 saturated carbocycles. The number of aromatic nitrogens is 5. The molecule has 0 aliphatic carbocycles. The minimum atomic E-state index is 0.669. The van der Waals surface area contributed by atoms with Gasteiger partial charge >= 0.3 is 0 Å². The molecule has 4 heterocycles. The van der Waals surface area contributed by atoms with Gasteiger partial charge in [0.1, 0.15) is 18.4 Å². The zero-order valence-electron chi connectivity index (χ0n) is 12.9. The molecule has 0 atom stereocenters. The van der Waals surface area contributed by atoms with Crippen molar-refractivity contribution >= 4 is 17.0 Å². The first kappa shape index (κ1) is 13.3. The highest BCUT2D eigenvalue weighted by Crippen LogP contribution is 2.27. The topological polar surface area (TPSA) is 68.2 Å². The number of anilines is 1. The quantitative estimate of drug-likeness (QED) is 0.574. The SMILES string of the molecule is c1coc(CN2CN(n3cnnc3)c3nc4ccccc4n3C2)c1. The van der Waals surface area contributed by atoms with Crippen molar-refractivity contribution in [2.24, 2.45) is 0 Å². The van der Waals surface area contributed by atoms with Crippen LogP contribution in [0.1, 0.15) is 5.76 Å². The molecule has 0 bridgehead atoms. The normalized spacial score (nSPS) is 15.1. The average Bonchev–Trinajstić information content (AvgIpc) is 3.35. The number of furan rings is 1. The summed E-state index contributed by atoms with van der Waals surface area (Å²) in [6.45, 7) is 2.13. The van der Waals surface area contributed by atoms with Crippen molar-refractivity contribution in [2.45, 2.75) is 13.2 Å². The van der Waals surface area contributed by atoms with Crippen molar-refractivity contribution in [3.05, 3.63) is 61.1 Å². The predicted octanol–water partition coefficient (Wildman–Crippen LogP) is 1.92. The van der Waals surface area contributed by atoms with Crippen LogP contribution in [0, 0.1) is 0 Å². The second kappa shape index (κ2) is 5.20. The first-order valence-electron chi connectivity index (χ1n) is 7.71. The summed E-state index contributed by atoms with van der Waals surface area (Å²) in [6, 6.07) is 12.1. The van der Waals surface area contributed by atoms with Crippen molar-refractivity contribution in [1.82, 2.24) is 29.3 Å². The van der Waals surface area contributed by atoms with Gasteiger partial charge in [-0.25, -0.2) is 14.7 Å². The Labute approximate surface area is 137 Å². The van der Waals surface area contributed by atoms with E-state index in [9.17, 15) is 0 Å². The van der Waals surface area contributed by atoms with Gasteiger partial charge in [0, 0.05) is 0 Å². The van der Waals surface area contributed by atoms with Crippen molar-refractivity contribution in [3.63, 3.8) is 0 Å². The van der Waals surface area contributed by atoms with Crippen molar-refractivity contribution in [1.29, 1.82) is 0 Å². The second-order valence-corrected chi connectivity index (χ2v) is 5.76. The lowest BCUT2D eigenvalue weighted by atomic mass is 10.3. The summed E-state index contributed by atoms with van der Waals surface area (Å²) >= 11 is 0. The van der Waals surface area contributed by atoms with Gasteiger partial charge in [0.2, 0.25) is 5.95 Å². The summed E-state index contributed by atoms with van der Waals surface area (Å²) in [5.41, 5.74) is 2.08. The second-order valence-electron chi connectivity index (χ2n) is 5.76. The molecule has 3 aromatic heterocycles. The van der Waals surface area contributed by atoms with E-state index in [1.54, 1.807) is 18.9 Å². The molecular formula is C16H15N7O. The molecule has 8 nitrogen and oxygen atoms in total. The zero-order valence-corrected chi connectivity index (χ0v) is 12.9. The van der Waals surface area contributed by atoms with Crippen LogP contribution in [0.5, 0.6) is 0 Å². The molecule has 0 radical (unpaired) electrons. The Kier molecular flexibility index (Phi) is 2.89. The standard InChI is InChI=1S/C16H15N7O/c1-2-6-15-14(5-1)19-16-22(15)11-20(8-13-4-3-7-24-13)12-23(16)21-9-17-18-10-21/h1-7,9-10H,8,11-12H2. The van der Waals surface area contributed by atoms with Crippen LogP contribution in [0.2, 0.25) is 0 Å². The molecular weight excluding hydrogens is 306 g/mol. The van der Waals surface area contributed by atoms with Crippen molar-refractivity contribution in [2.75, 3.05) is 11.7 Å².